The van der Waals surface area contributed by atoms with Crippen LogP contribution >= 0.6 is 0 Å². The number of carboxylic acids is 3. The molecule has 148 valence electrons. The van der Waals surface area contributed by atoms with Gasteiger partial charge in [-0.15, -0.1) is 0 Å². The van der Waals surface area contributed by atoms with E-state index in [4.69, 9.17) is 21.1 Å². The first-order valence-corrected chi connectivity index (χ1v) is 7.96. The molecule has 0 aliphatic carbocycles. The van der Waals surface area contributed by atoms with Crippen molar-refractivity contribution >= 4 is 29.7 Å². The smallest absolute Gasteiger partial charge is 0.326 e. The van der Waals surface area contributed by atoms with E-state index >= 15 is 0 Å². The van der Waals surface area contributed by atoms with Gasteiger partial charge in [0, 0.05) is 6.42 Å². The van der Waals surface area contributed by atoms with Crippen LogP contribution in [0.5, 0.6) is 0 Å². The molecule has 0 rings (SSSR count). The maximum absolute atomic E-state index is 12.2. The molecule has 0 aromatic carbocycles. The van der Waals surface area contributed by atoms with E-state index in [1.54, 1.807) is 13.8 Å². The summed E-state index contributed by atoms with van der Waals surface area (Å²) in [5.41, 5.74) is 5.51. The number of hydrogen-bond acceptors (Lipinski definition) is 6. The van der Waals surface area contributed by atoms with Crippen molar-refractivity contribution in [2.45, 2.75) is 57.7 Å². The van der Waals surface area contributed by atoms with Gasteiger partial charge in [-0.05, 0) is 18.8 Å². The number of aliphatic carboxylic acids is 3. The van der Waals surface area contributed by atoms with E-state index in [1.807, 2.05) is 0 Å². The van der Waals surface area contributed by atoms with E-state index in [0.29, 0.717) is 0 Å². The second kappa shape index (κ2) is 11.0. The van der Waals surface area contributed by atoms with Gasteiger partial charge in [-0.1, -0.05) is 13.8 Å². The standard InChI is InChI=1S/C15H25N3O8/c1-7(2)5-10(15(25)26)18-14(24)9(6-12(21)22)17-13(23)8(16)3-4-11(19)20/h7-10H,3-6,16H2,1-2H3,(H,17,23)(H,18,24)(H,19,20)(H,21,22)(H,25,26). The monoisotopic (exact) mass is 375 g/mol. The Kier molecular flexibility index (Phi) is 9.89. The van der Waals surface area contributed by atoms with E-state index in [9.17, 15) is 24.0 Å². The number of carbonyl (C=O) groups excluding carboxylic acids is 2. The second-order valence-corrected chi connectivity index (χ2v) is 6.23. The summed E-state index contributed by atoms with van der Waals surface area (Å²) < 4.78 is 0. The number of nitrogens with two attached hydrogens (primary N) is 1. The first-order valence-electron chi connectivity index (χ1n) is 7.96. The molecule has 0 radical (unpaired) electrons. The predicted molar refractivity (Wildman–Crippen MR) is 88.1 cm³/mol. The van der Waals surface area contributed by atoms with Crippen LogP contribution in [-0.4, -0.2) is 63.2 Å². The largest absolute Gasteiger partial charge is 0.481 e. The minimum atomic E-state index is -1.54. The molecule has 0 aromatic heterocycles. The van der Waals surface area contributed by atoms with Gasteiger partial charge >= 0.3 is 17.9 Å². The highest BCUT2D eigenvalue weighted by molar-refractivity contribution is 5.94. The van der Waals surface area contributed by atoms with Crippen LogP contribution in [0.4, 0.5) is 0 Å². The molecule has 26 heavy (non-hydrogen) atoms. The average Bonchev–Trinajstić information content (AvgIpc) is 2.49. The van der Waals surface area contributed by atoms with Crippen molar-refractivity contribution in [3.63, 3.8) is 0 Å². The van der Waals surface area contributed by atoms with Crippen LogP contribution in [0.25, 0.3) is 0 Å². The van der Waals surface area contributed by atoms with Crippen molar-refractivity contribution in [3.8, 4) is 0 Å². The molecule has 2 amide bonds. The summed E-state index contributed by atoms with van der Waals surface area (Å²) in [5.74, 6) is -5.76. The molecule has 0 aliphatic heterocycles. The second-order valence-electron chi connectivity index (χ2n) is 6.23. The zero-order chi connectivity index (χ0) is 20.4. The molecule has 3 unspecified atom stereocenters. The normalized spacial score (nSPS) is 14.2. The summed E-state index contributed by atoms with van der Waals surface area (Å²) in [6, 6.07) is -4.03. The molecule has 0 heterocycles. The zero-order valence-corrected chi connectivity index (χ0v) is 14.6. The van der Waals surface area contributed by atoms with Crippen LogP contribution in [0, 0.1) is 5.92 Å². The van der Waals surface area contributed by atoms with Gasteiger partial charge in [-0.3, -0.25) is 19.2 Å². The van der Waals surface area contributed by atoms with E-state index in [2.05, 4.69) is 10.6 Å². The van der Waals surface area contributed by atoms with Crippen molar-refractivity contribution in [3.05, 3.63) is 0 Å². The van der Waals surface area contributed by atoms with E-state index in [-0.39, 0.29) is 25.2 Å². The molecule has 0 bridgehead atoms. The molecule has 7 N–H and O–H groups in total. The molecule has 0 fully saturated rings. The third-order valence-electron chi connectivity index (χ3n) is 3.34. The third-order valence-corrected chi connectivity index (χ3v) is 3.34. The average molecular weight is 375 g/mol. The summed E-state index contributed by atoms with van der Waals surface area (Å²) in [7, 11) is 0. The summed E-state index contributed by atoms with van der Waals surface area (Å²) in [6.45, 7) is 3.50. The molecule has 3 atom stereocenters. The van der Waals surface area contributed by atoms with Crippen LogP contribution in [0.1, 0.15) is 39.5 Å². The van der Waals surface area contributed by atoms with Crippen LogP contribution in [0.3, 0.4) is 0 Å². The first kappa shape index (κ1) is 23.3. The van der Waals surface area contributed by atoms with Crippen LogP contribution in [-0.2, 0) is 24.0 Å². The lowest BCUT2D eigenvalue weighted by Gasteiger charge is -2.22. The Balaban J connectivity index is 5.02. The minimum Gasteiger partial charge on any atom is -0.481 e. The maximum atomic E-state index is 12.2. The van der Waals surface area contributed by atoms with Crippen molar-refractivity contribution in [2.24, 2.45) is 11.7 Å². The van der Waals surface area contributed by atoms with Crippen molar-refractivity contribution < 1.29 is 39.3 Å². The third kappa shape index (κ3) is 9.57. The fourth-order valence-electron chi connectivity index (χ4n) is 2.04. The van der Waals surface area contributed by atoms with Gasteiger partial charge in [0.05, 0.1) is 12.5 Å². The highest BCUT2D eigenvalue weighted by atomic mass is 16.4. The Morgan fingerprint density at radius 1 is 0.885 bits per heavy atom. The fraction of sp³-hybridized carbons (Fsp3) is 0.667. The molecule has 0 saturated heterocycles. The predicted octanol–water partition coefficient (Wildman–Crippen LogP) is -1.25. The lowest BCUT2D eigenvalue weighted by molar-refractivity contribution is -0.143. The molecular weight excluding hydrogens is 350 g/mol. The Bertz CT molecular complexity index is 549. The summed E-state index contributed by atoms with van der Waals surface area (Å²) in [4.78, 5) is 56.8. The van der Waals surface area contributed by atoms with Gasteiger partial charge in [-0.2, -0.15) is 0 Å². The molecule has 0 aromatic rings. The van der Waals surface area contributed by atoms with Crippen LogP contribution in [0.15, 0.2) is 0 Å². The summed E-state index contributed by atoms with van der Waals surface area (Å²) in [5, 5.41) is 30.9. The quantitative estimate of drug-likeness (QED) is 0.241. The van der Waals surface area contributed by atoms with Gasteiger partial charge < -0.3 is 31.7 Å². The minimum absolute atomic E-state index is 0.0478. The lowest BCUT2D eigenvalue weighted by Crippen LogP contribution is -2.55. The first-order chi connectivity index (χ1) is 11.9. The van der Waals surface area contributed by atoms with Gasteiger partial charge in [0.1, 0.15) is 12.1 Å². The van der Waals surface area contributed by atoms with Crippen molar-refractivity contribution in [1.29, 1.82) is 0 Å². The number of carboxylic acid groups (broad SMARTS) is 3. The number of amides is 2. The number of nitrogens with one attached hydrogen (secondary N) is 2. The van der Waals surface area contributed by atoms with E-state index in [0.717, 1.165) is 0 Å². The molecular formula is C15H25N3O8. The van der Waals surface area contributed by atoms with E-state index in [1.165, 1.54) is 0 Å². The Hall–Kier alpha value is -2.69. The number of carbonyl (C=O) groups is 5. The summed E-state index contributed by atoms with van der Waals surface area (Å²) in [6.07, 6.45) is -1.24. The molecule has 0 aliphatic rings. The zero-order valence-electron chi connectivity index (χ0n) is 14.6. The Morgan fingerprint density at radius 2 is 1.42 bits per heavy atom. The Labute approximate surface area is 149 Å². The van der Waals surface area contributed by atoms with Crippen molar-refractivity contribution in [1.82, 2.24) is 10.6 Å². The number of hydrogen-bond donors (Lipinski definition) is 6. The molecule has 11 nitrogen and oxygen atoms in total. The molecule has 0 spiro atoms. The fourth-order valence-corrected chi connectivity index (χ4v) is 2.04. The molecule has 11 heteroatoms. The van der Waals surface area contributed by atoms with Gasteiger partial charge in [0.2, 0.25) is 11.8 Å². The lowest BCUT2D eigenvalue weighted by atomic mass is 10.0. The van der Waals surface area contributed by atoms with Crippen LogP contribution < -0.4 is 16.4 Å². The van der Waals surface area contributed by atoms with E-state index < -0.39 is 54.3 Å². The highest BCUT2D eigenvalue weighted by Crippen LogP contribution is 2.06. The molecule has 0 saturated carbocycles. The highest BCUT2D eigenvalue weighted by Gasteiger charge is 2.30. The van der Waals surface area contributed by atoms with Crippen LogP contribution in [0.2, 0.25) is 0 Å². The van der Waals surface area contributed by atoms with Gasteiger partial charge in [0.15, 0.2) is 0 Å². The summed E-state index contributed by atoms with van der Waals surface area (Å²) >= 11 is 0. The topological polar surface area (TPSA) is 196 Å². The SMILES string of the molecule is CC(C)CC(NC(=O)C(CC(=O)O)NC(=O)C(N)CCC(=O)O)C(=O)O. The number of rotatable bonds is 12. The Morgan fingerprint density at radius 3 is 1.85 bits per heavy atom. The van der Waals surface area contributed by atoms with Crippen molar-refractivity contribution in [2.75, 3.05) is 0 Å². The maximum Gasteiger partial charge on any atom is 0.326 e. The van der Waals surface area contributed by atoms with Gasteiger partial charge in [-0.25, -0.2) is 4.79 Å². The van der Waals surface area contributed by atoms with Gasteiger partial charge in [0.25, 0.3) is 0 Å².